The smallest absolute Gasteiger partial charge is 0.220 e. The van der Waals surface area contributed by atoms with Crippen LogP contribution in [0, 0.1) is 11.7 Å². The van der Waals surface area contributed by atoms with Gasteiger partial charge >= 0.3 is 0 Å². The van der Waals surface area contributed by atoms with Gasteiger partial charge in [-0.2, -0.15) is 0 Å². The second-order valence-corrected chi connectivity index (χ2v) is 6.80. The highest BCUT2D eigenvalue weighted by molar-refractivity contribution is 14.0. The normalized spacial score (nSPS) is 15.5. The number of halogens is 3. The van der Waals surface area contributed by atoms with Gasteiger partial charge in [-0.1, -0.05) is 15.9 Å². The molecular formula is C17H25BrFIN4O. The molecule has 1 amide bonds. The van der Waals surface area contributed by atoms with Gasteiger partial charge in [-0.25, -0.2) is 4.39 Å². The second-order valence-electron chi connectivity index (χ2n) is 5.94. The molecule has 1 heterocycles. The van der Waals surface area contributed by atoms with Crippen molar-refractivity contribution in [1.82, 2.24) is 15.5 Å². The van der Waals surface area contributed by atoms with Crippen LogP contribution in [0.15, 0.2) is 27.7 Å². The summed E-state index contributed by atoms with van der Waals surface area (Å²) in [6.45, 7) is 2.24. The summed E-state index contributed by atoms with van der Waals surface area (Å²) >= 11 is 3.44. The minimum atomic E-state index is -0.250. The van der Waals surface area contributed by atoms with Gasteiger partial charge < -0.3 is 15.5 Å². The zero-order chi connectivity index (χ0) is 17.5. The standard InChI is InChI=1S/C17H24BrFN4O.HI/c1-20-16(24)9-12-5-7-23(8-6-12)17(21-2)22-11-13-10-14(19)3-4-15(13)18;/h3-4,10,12H,5-9,11H2,1-2H3,(H,20,24)(H,21,22);1H. The first-order valence-electron chi connectivity index (χ1n) is 8.13. The number of guanidine groups is 1. The molecule has 0 atom stereocenters. The Bertz CT molecular complexity index is 606. The van der Waals surface area contributed by atoms with Crippen molar-refractivity contribution in [3.8, 4) is 0 Å². The summed E-state index contributed by atoms with van der Waals surface area (Å²) in [5, 5.41) is 5.97. The lowest BCUT2D eigenvalue weighted by molar-refractivity contribution is -0.121. The Kier molecular flexibility index (Phi) is 9.70. The summed E-state index contributed by atoms with van der Waals surface area (Å²) in [5.74, 6) is 1.09. The molecular weight excluding hydrogens is 502 g/mol. The zero-order valence-electron chi connectivity index (χ0n) is 14.5. The van der Waals surface area contributed by atoms with Crippen LogP contribution in [0.5, 0.6) is 0 Å². The lowest BCUT2D eigenvalue weighted by Gasteiger charge is -2.34. The molecule has 8 heteroatoms. The van der Waals surface area contributed by atoms with Gasteiger partial charge in [-0.15, -0.1) is 24.0 Å². The van der Waals surface area contributed by atoms with Gasteiger partial charge in [0.25, 0.3) is 0 Å². The number of benzene rings is 1. The van der Waals surface area contributed by atoms with Gasteiger partial charge in [0.15, 0.2) is 5.96 Å². The molecule has 2 rings (SSSR count). The molecule has 1 fully saturated rings. The largest absolute Gasteiger partial charge is 0.359 e. The third kappa shape index (κ3) is 6.73. The van der Waals surface area contributed by atoms with Crippen LogP contribution >= 0.6 is 39.9 Å². The fourth-order valence-corrected chi connectivity index (χ4v) is 3.29. The minimum Gasteiger partial charge on any atom is -0.359 e. The summed E-state index contributed by atoms with van der Waals surface area (Å²) in [5.41, 5.74) is 0.852. The van der Waals surface area contributed by atoms with E-state index in [2.05, 4.69) is 36.5 Å². The molecule has 1 aromatic rings. The van der Waals surface area contributed by atoms with Crippen LogP contribution in [-0.4, -0.2) is 44.0 Å². The Morgan fingerprint density at radius 1 is 1.40 bits per heavy atom. The predicted molar refractivity (Wildman–Crippen MR) is 113 cm³/mol. The van der Waals surface area contributed by atoms with E-state index in [9.17, 15) is 9.18 Å². The van der Waals surface area contributed by atoms with E-state index < -0.39 is 0 Å². The number of hydrogen-bond acceptors (Lipinski definition) is 2. The van der Waals surface area contributed by atoms with Gasteiger partial charge in [0.1, 0.15) is 5.82 Å². The van der Waals surface area contributed by atoms with Crippen molar-refractivity contribution in [3.05, 3.63) is 34.1 Å². The second kappa shape index (κ2) is 10.9. The van der Waals surface area contributed by atoms with Crippen LogP contribution in [0.1, 0.15) is 24.8 Å². The summed E-state index contributed by atoms with van der Waals surface area (Å²) in [7, 11) is 3.42. The number of hydrogen-bond donors (Lipinski definition) is 2. The van der Waals surface area contributed by atoms with Crippen LogP contribution in [0.2, 0.25) is 0 Å². The zero-order valence-corrected chi connectivity index (χ0v) is 18.4. The molecule has 0 bridgehead atoms. The maximum atomic E-state index is 13.4. The van der Waals surface area contributed by atoms with Crippen molar-refractivity contribution >= 4 is 51.8 Å². The lowest BCUT2D eigenvalue weighted by atomic mass is 9.93. The summed E-state index contributed by atoms with van der Waals surface area (Å²) in [4.78, 5) is 18.0. The first-order valence-corrected chi connectivity index (χ1v) is 8.93. The first kappa shape index (κ1) is 22.1. The maximum Gasteiger partial charge on any atom is 0.220 e. The predicted octanol–water partition coefficient (Wildman–Crippen LogP) is 3.13. The molecule has 5 nitrogen and oxygen atoms in total. The molecule has 1 aliphatic heterocycles. The highest BCUT2D eigenvalue weighted by Gasteiger charge is 2.23. The highest BCUT2D eigenvalue weighted by atomic mass is 127. The monoisotopic (exact) mass is 526 g/mol. The van der Waals surface area contributed by atoms with E-state index in [0.717, 1.165) is 41.9 Å². The van der Waals surface area contributed by atoms with Gasteiger partial charge in [0.2, 0.25) is 5.91 Å². The Balaban J connectivity index is 0.00000312. The maximum absolute atomic E-state index is 13.4. The van der Waals surface area contributed by atoms with Gasteiger partial charge in [-0.3, -0.25) is 9.79 Å². The molecule has 0 saturated carbocycles. The van der Waals surface area contributed by atoms with E-state index in [4.69, 9.17) is 0 Å². The summed E-state index contributed by atoms with van der Waals surface area (Å²) in [6.07, 6.45) is 2.53. The van der Waals surface area contributed by atoms with Crippen LogP contribution in [0.25, 0.3) is 0 Å². The van der Waals surface area contributed by atoms with Gasteiger partial charge in [0.05, 0.1) is 0 Å². The average Bonchev–Trinajstić information content (AvgIpc) is 2.59. The number of likely N-dealkylation sites (tertiary alicyclic amines) is 1. The lowest BCUT2D eigenvalue weighted by Crippen LogP contribution is -2.45. The molecule has 0 unspecified atom stereocenters. The number of carbonyl (C=O) groups is 1. The number of nitrogens with one attached hydrogen (secondary N) is 2. The van der Waals surface area contributed by atoms with Crippen molar-refractivity contribution in [1.29, 1.82) is 0 Å². The third-order valence-corrected chi connectivity index (χ3v) is 5.10. The Labute approximate surface area is 174 Å². The number of rotatable bonds is 4. The van der Waals surface area contributed by atoms with Crippen molar-refractivity contribution in [2.75, 3.05) is 27.2 Å². The SMILES string of the molecule is CN=C(NCc1cc(F)ccc1Br)N1CCC(CC(=O)NC)CC1.I. The van der Waals surface area contributed by atoms with Crippen molar-refractivity contribution in [3.63, 3.8) is 0 Å². The molecule has 0 aromatic heterocycles. The summed E-state index contributed by atoms with van der Waals surface area (Å²) < 4.78 is 14.2. The Morgan fingerprint density at radius 2 is 2.08 bits per heavy atom. The van der Waals surface area contributed by atoms with E-state index >= 15 is 0 Å². The number of amides is 1. The summed E-state index contributed by atoms with van der Waals surface area (Å²) in [6, 6.07) is 4.65. The topological polar surface area (TPSA) is 56.7 Å². The number of piperidine rings is 1. The molecule has 1 aliphatic rings. The molecule has 2 N–H and O–H groups in total. The van der Waals surface area contributed by atoms with Crippen molar-refractivity contribution < 1.29 is 9.18 Å². The van der Waals surface area contributed by atoms with E-state index in [1.54, 1.807) is 20.2 Å². The fraction of sp³-hybridized carbons (Fsp3) is 0.529. The third-order valence-electron chi connectivity index (χ3n) is 4.32. The molecule has 1 aromatic carbocycles. The average molecular weight is 527 g/mol. The van der Waals surface area contributed by atoms with E-state index in [1.165, 1.54) is 12.1 Å². The Morgan fingerprint density at radius 3 is 2.68 bits per heavy atom. The minimum absolute atomic E-state index is 0. The van der Waals surface area contributed by atoms with Crippen LogP contribution in [0.4, 0.5) is 4.39 Å². The van der Waals surface area contributed by atoms with Crippen LogP contribution < -0.4 is 10.6 Å². The molecule has 0 spiro atoms. The molecule has 0 radical (unpaired) electrons. The molecule has 25 heavy (non-hydrogen) atoms. The number of nitrogens with zero attached hydrogens (tertiary/aromatic N) is 2. The number of aliphatic imine (C=N–C) groups is 1. The van der Waals surface area contributed by atoms with Crippen molar-refractivity contribution in [2.24, 2.45) is 10.9 Å². The van der Waals surface area contributed by atoms with Crippen molar-refractivity contribution in [2.45, 2.75) is 25.8 Å². The van der Waals surface area contributed by atoms with Gasteiger partial charge in [-0.05, 0) is 42.5 Å². The first-order chi connectivity index (χ1) is 11.5. The fourth-order valence-electron chi connectivity index (χ4n) is 2.90. The quantitative estimate of drug-likeness (QED) is 0.360. The van der Waals surface area contributed by atoms with E-state index in [1.807, 2.05) is 0 Å². The van der Waals surface area contributed by atoms with E-state index in [0.29, 0.717) is 18.9 Å². The Hall–Kier alpha value is -0.900. The van der Waals surface area contributed by atoms with Gasteiger partial charge in [0, 0.05) is 44.6 Å². The van der Waals surface area contributed by atoms with Crippen LogP contribution in [-0.2, 0) is 11.3 Å². The highest BCUT2D eigenvalue weighted by Crippen LogP contribution is 2.21. The molecule has 140 valence electrons. The number of carbonyl (C=O) groups excluding carboxylic acids is 1. The van der Waals surface area contributed by atoms with Crippen LogP contribution in [0.3, 0.4) is 0 Å². The molecule has 0 aliphatic carbocycles. The molecule has 1 saturated heterocycles. The van der Waals surface area contributed by atoms with E-state index in [-0.39, 0.29) is 35.7 Å².